The first-order valence-corrected chi connectivity index (χ1v) is 7.44. The second kappa shape index (κ2) is 6.68. The van der Waals surface area contributed by atoms with Crippen molar-refractivity contribution in [1.29, 1.82) is 0 Å². The van der Waals surface area contributed by atoms with Crippen molar-refractivity contribution in [2.75, 3.05) is 13.7 Å². The van der Waals surface area contributed by atoms with Crippen LogP contribution in [0.4, 0.5) is 0 Å². The van der Waals surface area contributed by atoms with Crippen LogP contribution in [0.1, 0.15) is 22.2 Å². The Bertz CT molecular complexity index is 574. The van der Waals surface area contributed by atoms with Gasteiger partial charge in [-0.25, -0.2) is 0 Å². The summed E-state index contributed by atoms with van der Waals surface area (Å²) >= 11 is 1.46. The van der Waals surface area contributed by atoms with Gasteiger partial charge in [0.1, 0.15) is 0 Å². The molecule has 1 aromatic carbocycles. The molecule has 0 bridgehead atoms. The van der Waals surface area contributed by atoms with Crippen LogP contribution >= 0.6 is 11.3 Å². The first kappa shape index (κ1) is 14.8. The van der Waals surface area contributed by atoms with Crippen molar-refractivity contribution in [2.45, 2.75) is 19.9 Å². The molecule has 106 valence electrons. The van der Waals surface area contributed by atoms with Crippen LogP contribution in [0.5, 0.6) is 0 Å². The molecule has 2 rings (SSSR count). The van der Waals surface area contributed by atoms with Crippen LogP contribution in [-0.2, 0) is 4.74 Å². The Morgan fingerprint density at radius 1 is 1.30 bits per heavy atom. The smallest absolute Gasteiger partial charge is 0.262 e. The van der Waals surface area contributed by atoms with E-state index >= 15 is 0 Å². The number of aryl methyl sites for hydroxylation is 1. The number of carbonyl (C=O) groups excluding carboxylic acids is 1. The monoisotopic (exact) mass is 289 g/mol. The molecule has 1 atom stereocenters. The molecule has 20 heavy (non-hydrogen) atoms. The van der Waals surface area contributed by atoms with Gasteiger partial charge in [-0.1, -0.05) is 29.8 Å². The van der Waals surface area contributed by atoms with Gasteiger partial charge in [-0.2, -0.15) is 0 Å². The summed E-state index contributed by atoms with van der Waals surface area (Å²) in [4.78, 5) is 13.0. The third-order valence-corrected chi connectivity index (χ3v) is 3.94. The Labute approximate surface area is 123 Å². The Morgan fingerprint density at radius 3 is 2.65 bits per heavy atom. The molecule has 1 aromatic heterocycles. The van der Waals surface area contributed by atoms with Gasteiger partial charge in [0, 0.05) is 18.7 Å². The van der Waals surface area contributed by atoms with Crippen LogP contribution in [0.3, 0.4) is 0 Å². The average molecular weight is 289 g/mol. The lowest BCUT2D eigenvalue weighted by molar-refractivity contribution is 0.0910. The summed E-state index contributed by atoms with van der Waals surface area (Å²) in [5.41, 5.74) is 3.27. The zero-order valence-electron chi connectivity index (χ0n) is 12.0. The molecule has 0 fully saturated rings. The largest absolute Gasteiger partial charge is 0.383 e. The van der Waals surface area contributed by atoms with E-state index in [1.165, 1.54) is 16.9 Å². The van der Waals surface area contributed by atoms with Crippen LogP contribution in [0, 0.1) is 6.92 Å². The molecule has 0 aliphatic carbocycles. The third kappa shape index (κ3) is 3.46. The minimum atomic E-state index is -0.0416. The lowest BCUT2D eigenvalue weighted by atomic mass is 10.0. The number of rotatable bonds is 5. The molecule has 1 N–H and O–H groups in total. The Balaban J connectivity index is 2.20. The van der Waals surface area contributed by atoms with Crippen molar-refractivity contribution in [2.24, 2.45) is 0 Å². The van der Waals surface area contributed by atoms with Gasteiger partial charge in [0.25, 0.3) is 5.91 Å². The van der Waals surface area contributed by atoms with Crippen molar-refractivity contribution in [1.82, 2.24) is 5.32 Å². The number of ether oxygens (including phenoxy) is 1. The minimum Gasteiger partial charge on any atom is -0.383 e. The van der Waals surface area contributed by atoms with Gasteiger partial charge in [-0.15, -0.1) is 11.3 Å². The maximum absolute atomic E-state index is 12.3. The van der Waals surface area contributed by atoms with E-state index in [4.69, 9.17) is 4.74 Å². The molecule has 0 radical (unpaired) electrons. The maximum Gasteiger partial charge on any atom is 0.262 e. The van der Waals surface area contributed by atoms with Crippen LogP contribution in [0.15, 0.2) is 35.7 Å². The van der Waals surface area contributed by atoms with Gasteiger partial charge < -0.3 is 10.1 Å². The fourth-order valence-corrected chi connectivity index (χ4v) is 2.85. The van der Waals surface area contributed by atoms with Crippen LogP contribution in [0.25, 0.3) is 11.1 Å². The van der Waals surface area contributed by atoms with Crippen molar-refractivity contribution < 1.29 is 9.53 Å². The van der Waals surface area contributed by atoms with E-state index in [2.05, 4.69) is 24.4 Å². The second-order valence-corrected chi connectivity index (χ2v) is 5.78. The summed E-state index contributed by atoms with van der Waals surface area (Å²) in [6.45, 7) is 4.50. The van der Waals surface area contributed by atoms with Gasteiger partial charge in [-0.3, -0.25) is 4.79 Å². The average Bonchev–Trinajstić information content (AvgIpc) is 2.89. The van der Waals surface area contributed by atoms with E-state index in [0.29, 0.717) is 6.61 Å². The molecule has 2 aromatic rings. The molecule has 0 aliphatic rings. The van der Waals surface area contributed by atoms with E-state index in [1.807, 2.05) is 30.5 Å². The van der Waals surface area contributed by atoms with Crippen molar-refractivity contribution in [3.8, 4) is 11.1 Å². The standard InChI is InChI=1S/C16H19NO2S/c1-11-4-6-13(7-5-11)14-8-9-20-15(14)16(18)17-12(2)10-19-3/h4-9,12H,10H2,1-3H3,(H,17,18). The SMILES string of the molecule is COCC(C)NC(=O)c1sccc1-c1ccc(C)cc1. The lowest BCUT2D eigenvalue weighted by Crippen LogP contribution is -2.35. The highest BCUT2D eigenvalue weighted by Gasteiger charge is 2.16. The summed E-state index contributed by atoms with van der Waals surface area (Å²) in [5.74, 6) is -0.0416. The van der Waals surface area contributed by atoms with Crippen molar-refractivity contribution >= 4 is 17.2 Å². The van der Waals surface area contributed by atoms with Crippen molar-refractivity contribution in [3.63, 3.8) is 0 Å². The topological polar surface area (TPSA) is 38.3 Å². The lowest BCUT2D eigenvalue weighted by Gasteiger charge is -2.13. The normalized spacial score (nSPS) is 12.2. The predicted molar refractivity (Wildman–Crippen MR) is 83.3 cm³/mol. The number of hydrogen-bond acceptors (Lipinski definition) is 3. The Kier molecular flexibility index (Phi) is 4.93. The number of methoxy groups -OCH3 is 1. The zero-order valence-corrected chi connectivity index (χ0v) is 12.8. The second-order valence-electron chi connectivity index (χ2n) is 4.86. The van der Waals surface area contributed by atoms with E-state index in [-0.39, 0.29) is 11.9 Å². The molecule has 1 heterocycles. The number of benzene rings is 1. The number of carbonyl (C=O) groups is 1. The quantitative estimate of drug-likeness (QED) is 0.915. The number of amides is 1. The summed E-state index contributed by atoms with van der Waals surface area (Å²) in [7, 11) is 1.63. The Morgan fingerprint density at radius 2 is 2.00 bits per heavy atom. The van der Waals surface area contributed by atoms with Crippen LogP contribution < -0.4 is 5.32 Å². The molecule has 0 saturated carbocycles. The Hall–Kier alpha value is -1.65. The van der Waals surface area contributed by atoms with E-state index in [9.17, 15) is 4.79 Å². The number of hydrogen-bond donors (Lipinski definition) is 1. The highest BCUT2D eigenvalue weighted by Crippen LogP contribution is 2.28. The molecule has 0 saturated heterocycles. The molecule has 1 unspecified atom stereocenters. The summed E-state index contributed by atoms with van der Waals surface area (Å²) in [5, 5.41) is 4.90. The summed E-state index contributed by atoms with van der Waals surface area (Å²) in [6, 6.07) is 10.2. The first-order valence-electron chi connectivity index (χ1n) is 6.56. The highest BCUT2D eigenvalue weighted by atomic mass is 32.1. The zero-order chi connectivity index (χ0) is 14.5. The summed E-state index contributed by atoms with van der Waals surface area (Å²) < 4.78 is 5.04. The fourth-order valence-electron chi connectivity index (χ4n) is 2.03. The molecular weight excluding hydrogens is 270 g/mol. The molecule has 0 aliphatic heterocycles. The van der Waals surface area contributed by atoms with Gasteiger partial charge in [0.15, 0.2) is 0 Å². The molecule has 0 spiro atoms. The minimum absolute atomic E-state index is 0.000433. The van der Waals surface area contributed by atoms with Gasteiger partial charge in [0.2, 0.25) is 0 Å². The predicted octanol–water partition coefficient (Wildman–Crippen LogP) is 3.49. The van der Waals surface area contributed by atoms with Gasteiger partial charge in [-0.05, 0) is 30.9 Å². The maximum atomic E-state index is 12.3. The molecule has 1 amide bonds. The van der Waals surface area contributed by atoms with E-state index in [0.717, 1.165) is 16.0 Å². The van der Waals surface area contributed by atoms with Crippen molar-refractivity contribution in [3.05, 3.63) is 46.2 Å². The highest BCUT2D eigenvalue weighted by molar-refractivity contribution is 7.12. The fraction of sp³-hybridized carbons (Fsp3) is 0.312. The summed E-state index contributed by atoms with van der Waals surface area (Å²) in [6.07, 6.45) is 0. The third-order valence-electron chi connectivity index (χ3n) is 3.03. The van der Waals surface area contributed by atoms with E-state index in [1.54, 1.807) is 7.11 Å². The van der Waals surface area contributed by atoms with Gasteiger partial charge in [0.05, 0.1) is 11.5 Å². The molecule has 3 nitrogen and oxygen atoms in total. The molecular formula is C16H19NO2S. The van der Waals surface area contributed by atoms with Crippen LogP contribution in [-0.4, -0.2) is 25.7 Å². The van der Waals surface area contributed by atoms with E-state index < -0.39 is 0 Å². The van der Waals surface area contributed by atoms with Gasteiger partial charge >= 0.3 is 0 Å². The molecule has 4 heteroatoms. The number of thiophene rings is 1. The number of nitrogens with one attached hydrogen (secondary N) is 1. The van der Waals surface area contributed by atoms with Crippen LogP contribution in [0.2, 0.25) is 0 Å². The first-order chi connectivity index (χ1) is 9.61.